The summed E-state index contributed by atoms with van der Waals surface area (Å²) < 4.78 is 0. The average Bonchev–Trinajstić information content (AvgIpc) is 1.85. The minimum atomic E-state index is -0.455. The van der Waals surface area contributed by atoms with E-state index in [1.807, 2.05) is 20.8 Å². The van der Waals surface area contributed by atoms with E-state index in [2.05, 4.69) is 12.6 Å². The zero-order chi connectivity index (χ0) is 8.36. The van der Waals surface area contributed by atoms with Gasteiger partial charge in [-0.2, -0.15) is 12.6 Å². The van der Waals surface area contributed by atoms with Gasteiger partial charge in [-0.3, -0.25) is 4.79 Å². The van der Waals surface area contributed by atoms with Gasteiger partial charge in [0, 0.05) is 5.25 Å². The Morgan fingerprint density at radius 3 is 2.20 bits per heavy atom. The number of thiol groups is 1. The number of rotatable bonds is 3. The third kappa shape index (κ3) is 1.66. The Morgan fingerprint density at radius 1 is 1.80 bits per heavy atom. The molecule has 3 heteroatoms. The number of carbonyl (C=O) groups excluding carboxylic acids is 1. The summed E-state index contributed by atoms with van der Waals surface area (Å²) in [6.07, 6.45) is 0.743. The zero-order valence-electron chi connectivity index (χ0n) is 6.72. The second-order valence-electron chi connectivity index (χ2n) is 2.81. The van der Waals surface area contributed by atoms with Crippen LogP contribution in [-0.4, -0.2) is 11.2 Å². The van der Waals surface area contributed by atoms with Gasteiger partial charge in [-0.05, 0) is 13.3 Å². The van der Waals surface area contributed by atoms with Crippen LogP contribution >= 0.6 is 12.6 Å². The molecular formula is C7H15NOS. The summed E-state index contributed by atoms with van der Waals surface area (Å²) in [6, 6.07) is 0. The molecule has 0 aliphatic rings. The Kier molecular flexibility index (Phi) is 3.22. The maximum atomic E-state index is 10.9. The molecule has 0 aromatic rings. The fourth-order valence-corrected chi connectivity index (χ4v) is 0.985. The normalized spacial score (nSPS) is 19.6. The Bertz CT molecular complexity index is 136. The van der Waals surface area contributed by atoms with Crippen molar-refractivity contribution in [2.24, 2.45) is 11.1 Å². The van der Waals surface area contributed by atoms with Gasteiger partial charge in [-0.25, -0.2) is 0 Å². The molecular weight excluding hydrogens is 146 g/mol. The van der Waals surface area contributed by atoms with Crippen LogP contribution in [0.4, 0.5) is 0 Å². The Hall–Kier alpha value is -0.180. The van der Waals surface area contributed by atoms with Gasteiger partial charge in [-0.1, -0.05) is 13.8 Å². The monoisotopic (exact) mass is 161 g/mol. The lowest BCUT2D eigenvalue weighted by atomic mass is 9.83. The number of hydrogen-bond donors (Lipinski definition) is 2. The minimum absolute atomic E-state index is 0.0231. The van der Waals surface area contributed by atoms with E-state index in [0.29, 0.717) is 0 Å². The fraction of sp³-hybridized carbons (Fsp3) is 0.857. The summed E-state index contributed by atoms with van der Waals surface area (Å²) in [7, 11) is 0. The molecule has 0 fully saturated rings. The lowest BCUT2D eigenvalue weighted by molar-refractivity contribution is -0.126. The summed E-state index contributed by atoms with van der Waals surface area (Å²) in [4.78, 5) is 10.9. The molecule has 2 unspecified atom stereocenters. The van der Waals surface area contributed by atoms with E-state index >= 15 is 0 Å². The molecule has 0 aliphatic heterocycles. The first-order valence-electron chi connectivity index (χ1n) is 3.43. The first kappa shape index (κ1) is 9.82. The summed E-state index contributed by atoms with van der Waals surface area (Å²) >= 11 is 4.20. The Labute approximate surface area is 67.6 Å². The van der Waals surface area contributed by atoms with Crippen molar-refractivity contribution < 1.29 is 4.79 Å². The minimum Gasteiger partial charge on any atom is -0.369 e. The molecule has 0 spiro atoms. The molecule has 0 radical (unpaired) electrons. The van der Waals surface area contributed by atoms with E-state index in [9.17, 15) is 4.79 Å². The first-order valence-corrected chi connectivity index (χ1v) is 3.94. The molecule has 0 rings (SSSR count). The molecule has 0 bridgehead atoms. The highest BCUT2D eigenvalue weighted by atomic mass is 32.1. The smallest absolute Gasteiger partial charge is 0.224 e. The second-order valence-corrected chi connectivity index (χ2v) is 3.59. The van der Waals surface area contributed by atoms with Crippen molar-refractivity contribution in [3.63, 3.8) is 0 Å². The second kappa shape index (κ2) is 3.28. The fourth-order valence-electron chi connectivity index (χ4n) is 0.676. The summed E-state index contributed by atoms with van der Waals surface area (Å²) in [5, 5.41) is 0.0231. The van der Waals surface area contributed by atoms with Gasteiger partial charge >= 0.3 is 0 Å². The van der Waals surface area contributed by atoms with Gasteiger partial charge in [0.25, 0.3) is 0 Å². The van der Waals surface area contributed by atoms with E-state index in [4.69, 9.17) is 5.73 Å². The average molecular weight is 161 g/mol. The number of hydrogen-bond acceptors (Lipinski definition) is 2. The molecule has 0 aromatic carbocycles. The highest BCUT2D eigenvalue weighted by molar-refractivity contribution is 7.81. The standard InChI is InChI=1S/C7H15NOS/c1-4-7(3,5(2)10)6(8)9/h5,10H,4H2,1-3H3,(H2,8,9). The van der Waals surface area contributed by atoms with Gasteiger partial charge in [0.2, 0.25) is 5.91 Å². The molecule has 0 aromatic heterocycles. The first-order chi connectivity index (χ1) is 4.45. The SMILES string of the molecule is CCC(C)(C(N)=O)C(C)S. The van der Waals surface area contributed by atoms with Crippen molar-refractivity contribution in [1.82, 2.24) is 0 Å². The van der Waals surface area contributed by atoms with Crippen molar-refractivity contribution in [3.8, 4) is 0 Å². The van der Waals surface area contributed by atoms with Gasteiger partial charge in [0.15, 0.2) is 0 Å². The molecule has 60 valence electrons. The van der Waals surface area contributed by atoms with Crippen molar-refractivity contribution in [2.45, 2.75) is 32.4 Å². The molecule has 0 heterocycles. The number of carbonyl (C=O) groups is 1. The van der Waals surface area contributed by atoms with Crippen molar-refractivity contribution >= 4 is 18.5 Å². The van der Waals surface area contributed by atoms with Gasteiger partial charge in [0.05, 0.1) is 5.41 Å². The van der Waals surface area contributed by atoms with Crippen LogP contribution in [0.3, 0.4) is 0 Å². The van der Waals surface area contributed by atoms with E-state index < -0.39 is 5.41 Å². The number of amides is 1. The van der Waals surface area contributed by atoms with E-state index in [-0.39, 0.29) is 11.2 Å². The van der Waals surface area contributed by atoms with Crippen LogP contribution in [0, 0.1) is 5.41 Å². The largest absolute Gasteiger partial charge is 0.369 e. The third-order valence-corrected chi connectivity index (χ3v) is 2.79. The van der Waals surface area contributed by atoms with Crippen LogP contribution in [0.15, 0.2) is 0 Å². The predicted octanol–water partition coefficient (Wildman–Crippen LogP) is 1.21. The van der Waals surface area contributed by atoms with Crippen molar-refractivity contribution in [3.05, 3.63) is 0 Å². The van der Waals surface area contributed by atoms with Crippen LogP contribution in [0.2, 0.25) is 0 Å². The van der Waals surface area contributed by atoms with Crippen LogP contribution in [0.1, 0.15) is 27.2 Å². The molecule has 0 saturated carbocycles. The molecule has 2 nitrogen and oxygen atoms in total. The summed E-state index contributed by atoms with van der Waals surface area (Å²) in [5.74, 6) is -0.266. The highest BCUT2D eigenvalue weighted by Gasteiger charge is 2.32. The maximum absolute atomic E-state index is 10.9. The van der Waals surface area contributed by atoms with Gasteiger partial charge in [-0.15, -0.1) is 0 Å². The van der Waals surface area contributed by atoms with Crippen LogP contribution in [-0.2, 0) is 4.79 Å². The molecule has 2 N–H and O–H groups in total. The number of primary amides is 1. The van der Waals surface area contributed by atoms with E-state index in [1.165, 1.54) is 0 Å². The van der Waals surface area contributed by atoms with Gasteiger partial charge < -0.3 is 5.73 Å². The zero-order valence-corrected chi connectivity index (χ0v) is 7.61. The molecule has 10 heavy (non-hydrogen) atoms. The van der Waals surface area contributed by atoms with E-state index in [1.54, 1.807) is 0 Å². The van der Waals surface area contributed by atoms with Crippen molar-refractivity contribution in [2.75, 3.05) is 0 Å². The summed E-state index contributed by atoms with van der Waals surface area (Å²) in [5.41, 5.74) is 4.74. The highest BCUT2D eigenvalue weighted by Crippen LogP contribution is 2.28. The molecule has 1 amide bonds. The molecule has 2 atom stereocenters. The number of nitrogens with two attached hydrogens (primary N) is 1. The Balaban J connectivity index is 4.38. The molecule has 0 aliphatic carbocycles. The lowest BCUT2D eigenvalue weighted by Crippen LogP contribution is -2.39. The van der Waals surface area contributed by atoms with Gasteiger partial charge in [0.1, 0.15) is 0 Å². The predicted molar refractivity (Wildman–Crippen MR) is 46.0 cm³/mol. The van der Waals surface area contributed by atoms with Crippen LogP contribution < -0.4 is 5.73 Å². The van der Waals surface area contributed by atoms with Crippen molar-refractivity contribution in [1.29, 1.82) is 0 Å². The molecule has 0 saturated heterocycles. The third-order valence-electron chi connectivity index (χ3n) is 2.22. The lowest BCUT2D eigenvalue weighted by Gasteiger charge is -2.27. The maximum Gasteiger partial charge on any atom is 0.224 e. The topological polar surface area (TPSA) is 43.1 Å². The van der Waals surface area contributed by atoms with E-state index in [0.717, 1.165) is 6.42 Å². The van der Waals surface area contributed by atoms with Crippen LogP contribution in [0.25, 0.3) is 0 Å². The quantitative estimate of drug-likeness (QED) is 0.600. The van der Waals surface area contributed by atoms with Crippen LogP contribution in [0.5, 0.6) is 0 Å². The summed E-state index contributed by atoms with van der Waals surface area (Å²) in [6.45, 7) is 5.67. The Morgan fingerprint density at radius 2 is 2.20 bits per heavy atom.